The van der Waals surface area contributed by atoms with Crippen molar-refractivity contribution in [2.45, 2.75) is 30.6 Å². The number of sulfonamides is 1. The number of nitrogens with two attached hydrogens (primary N) is 1. The molecule has 0 unspecified atom stereocenters. The highest BCUT2D eigenvalue weighted by Gasteiger charge is 2.23. The highest BCUT2D eigenvalue weighted by molar-refractivity contribution is 7.92. The predicted molar refractivity (Wildman–Crippen MR) is 137 cm³/mol. The number of hydrogen-bond acceptors (Lipinski definition) is 5. The summed E-state index contributed by atoms with van der Waals surface area (Å²) in [5.41, 5.74) is 9.37. The Morgan fingerprint density at radius 1 is 1.09 bits per heavy atom. The number of amidine groups is 1. The number of nitrogens with zero attached hydrogens (tertiary/aromatic N) is 1. The second kappa shape index (κ2) is 10.2. The minimum absolute atomic E-state index is 0.0169. The molecule has 1 aliphatic rings. The molecular formula is C26H28N4O4S. The summed E-state index contributed by atoms with van der Waals surface area (Å²) >= 11 is 0. The van der Waals surface area contributed by atoms with Crippen LogP contribution in [0.5, 0.6) is 5.75 Å². The van der Waals surface area contributed by atoms with Crippen LogP contribution in [0.2, 0.25) is 0 Å². The summed E-state index contributed by atoms with van der Waals surface area (Å²) < 4.78 is 33.3. The van der Waals surface area contributed by atoms with Crippen LogP contribution in [0.4, 0.5) is 11.4 Å². The van der Waals surface area contributed by atoms with Gasteiger partial charge in [0.25, 0.3) is 10.0 Å². The molecule has 9 heteroatoms. The molecule has 0 aliphatic carbocycles. The van der Waals surface area contributed by atoms with E-state index in [-0.39, 0.29) is 16.6 Å². The van der Waals surface area contributed by atoms with Crippen LogP contribution in [-0.2, 0) is 27.7 Å². The molecule has 35 heavy (non-hydrogen) atoms. The Morgan fingerprint density at radius 2 is 1.80 bits per heavy atom. The number of aryl methyl sites for hydroxylation is 2. The van der Waals surface area contributed by atoms with Crippen molar-refractivity contribution >= 4 is 33.1 Å². The summed E-state index contributed by atoms with van der Waals surface area (Å²) in [6.45, 7) is 0.631. The number of amides is 1. The molecule has 1 aliphatic heterocycles. The Kier molecular flexibility index (Phi) is 7.07. The van der Waals surface area contributed by atoms with Gasteiger partial charge in [-0.05, 0) is 72.9 Å². The molecule has 0 radical (unpaired) electrons. The molecule has 1 amide bonds. The van der Waals surface area contributed by atoms with Crippen molar-refractivity contribution < 1.29 is 17.9 Å². The first-order valence-corrected chi connectivity index (χ1v) is 12.8. The number of hydrogen-bond donors (Lipinski definition) is 3. The van der Waals surface area contributed by atoms with Gasteiger partial charge in [-0.3, -0.25) is 14.9 Å². The van der Waals surface area contributed by atoms with Crippen molar-refractivity contribution in [2.75, 3.05) is 23.3 Å². The predicted octanol–water partition coefficient (Wildman–Crippen LogP) is 3.69. The molecule has 3 aromatic rings. The SMILES string of the molecule is COc1ccc(S(=O)(=O)Nc2ccc3c(c2)CCCN3C(=O)CCc2ccc(C(=N)N)cc2)cc1. The summed E-state index contributed by atoms with van der Waals surface area (Å²) in [5.74, 6) is 0.618. The van der Waals surface area contributed by atoms with Crippen LogP contribution in [0.25, 0.3) is 0 Å². The molecule has 3 aromatic carbocycles. The van der Waals surface area contributed by atoms with Gasteiger partial charge < -0.3 is 15.4 Å². The number of ether oxygens (including phenoxy) is 1. The number of nitrogens with one attached hydrogen (secondary N) is 2. The molecule has 4 rings (SSSR count). The quantitative estimate of drug-likeness (QED) is 0.327. The van der Waals surface area contributed by atoms with E-state index in [2.05, 4.69) is 4.72 Å². The van der Waals surface area contributed by atoms with Crippen LogP contribution in [0, 0.1) is 5.41 Å². The van der Waals surface area contributed by atoms with Crippen LogP contribution >= 0.6 is 0 Å². The third kappa shape index (κ3) is 5.63. The first-order chi connectivity index (χ1) is 16.8. The standard InChI is InChI=1S/C26H28N4O4S/c1-34-22-10-12-23(13-11-22)35(32,33)29-21-9-14-24-20(17-21)3-2-16-30(24)25(31)15-6-18-4-7-19(8-5-18)26(27)28/h4-5,7-14,17,29H,2-3,6,15-16H2,1H3,(H3,27,28). The largest absolute Gasteiger partial charge is 0.497 e. The lowest BCUT2D eigenvalue weighted by Gasteiger charge is -2.30. The monoisotopic (exact) mass is 492 g/mol. The van der Waals surface area contributed by atoms with E-state index in [9.17, 15) is 13.2 Å². The lowest BCUT2D eigenvalue weighted by atomic mass is 10.00. The number of carbonyl (C=O) groups is 1. The van der Waals surface area contributed by atoms with E-state index in [1.165, 1.54) is 19.2 Å². The van der Waals surface area contributed by atoms with Crippen LogP contribution in [0.15, 0.2) is 71.6 Å². The number of anilines is 2. The third-order valence-electron chi connectivity index (χ3n) is 6.01. The fraction of sp³-hybridized carbons (Fsp3) is 0.231. The molecule has 0 fully saturated rings. The zero-order valence-electron chi connectivity index (χ0n) is 19.5. The van der Waals surface area contributed by atoms with Gasteiger partial charge >= 0.3 is 0 Å². The van der Waals surface area contributed by atoms with Gasteiger partial charge in [0.05, 0.1) is 12.0 Å². The second-order valence-electron chi connectivity index (χ2n) is 8.38. The Morgan fingerprint density at radius 3 is 2.46 bits per heavy atom. The zero-order valence-corrected chi connectivity index (χ0v) is 20.3. The fourth-order valence-corrected chi connectivity index (χ4v) is 5.18. The molecule has 0 saturated heterocycles. The number of benzene rings is 3. The van der Waals surface area contributed by atoms with Crippen molar-refractivity contribution in [3.05, 3.63) is 83.4 Å². The Labute approximate surface area is 205 Å². The lowest BCUT2D eigenvalue weighted by molar-refractivity contribution is -0.118. The molecule has 0 saturated carbocycles. The van der Waals surface area contributed by atoms with Gasteiger partial charge in [-0.25, -0.2) is 8.42 Å². The molecule has 0 bridgehead atoms. The van der Waals surface area contributed by atoms with Crippen molar-refractivity contribution in [1.29, 1.82) is 5.41 Å². The third-order valence-corrected chi connectivity index (χ3v) is 7.41. The highest BCUT2D eigenvalue weighted by atomic mass is 32.2. The van der Waals surface area contributed by atoms with Crippen molar-refractivity contribution in [1.82, 2.24) is 0 Å². The summed E-state index contributed by atoms with van der Waals surface area (Å²) in [4.78, 5) is 14.9. The number of fused-ring (bicyclic) bond motifs is 1. The van der Waals surface area contributed by atoms with Crippen LogP contribution < -0.4 is 20.1 Å². The normalized spacial score (nSPS) is 13.1. The van der Waals surface area contributed by atoms with Gasteiger partial charge in [0, 0.05) is 29.9 Å². The molecule has 4 N–H and O–H groups in total. The molecule has 1 heterocycles. The smallest absolute Gasteiger partial charge is 0.261 e. The van der Waals surface area contributed by atoms with E-state index >= 15 is 0 Å². The van der Waals surface area contributed by atoms with Gasteiger partial charge in [-0.15, -0.1) is 0 Å². The highest BCUT2D eigenvalue weighted by Crippen LogP contribution is 2.31. The second-order valence-corrected chi connectivity index (χ2v) is 10.1. The maximum absolute atomic E-state index is 13.0. The zero-order chi connectivity index (χ0) is 25.0. The van der Waals surface area contributed by atoms with Gasteiger partial charge in [0.15, 0.2) is 0 Å². The maximum atomic E-state index is 13.0. The topological polar surface area (TPSA) is 126 Å². The Balaban J connectivity index is 1.44. The summed E-state index contributed by atoms with van der Waals surface area (Å²) in [6, 6.07) is 18.8. The van der Waals surface area contributed by atoms with E-state index in [0.29, 0.717) is 36.4 Å². The number of rotatable bonds is 8. The van der Waals surface area contributed by atoms with Crippen molar-refractivity contribution in [3.63, 3.8) is 0 Å². The first-order valence-electron chi connectivity index (χ1n) is 11.3. The molecule has 182 valence electrons. The van der Waals surface area contributed by atoms with E-state index in [1.807, 2.05) is 12.1 Å². The molecule has 8 nitrogen and oxygen atoms in total. The molecule has 0 spiro atoms. The number of nitrogen functional groups attached to an aromatic ring is 1. The first kappa shape index (κ1) is 24.3. The molecule has 0 aromatic heterocycles. The number of carbonyl (C=O) groups excluding carboxylic acids is 1. The van der Waals surface area contributed by atoms with E-state index in [0.717, 1.165) is 29.7 Å². The fourth-order valence-electron chi connectivity index (χ4n) is 4.13. The molecule has 0 atom stereocenters. The van der Waals surface area contributed by atoms with Crippen molar-refractivity contribution in [3.8, 4) is 5.75 Å². The summed E-state index contributed by atoms with van der Waals surface area (Å²) in [6.07, 6.45) is 2.51. The van der Waals surface area contributed by atoms with Crippen LogP contribution in [0.3, 0.4) is 0 Å². The van der Waals surface area contributed by atoms with E-state index in [1.54, 1.807) is 47.4 Å². The average molecular weight is 493 g/mol. The van der Waals surface area contributed by atoms with Gasteiger partial charge in [-0.2, -0.15) is 0 Å². The van der Waals surface area contributed by atoms with Gasteiger partial charge in [-0.1, -0.05) is 24.3 Å². The Hall–Kier alpha value is -3.85. The minimum atomic E-state index is -3.75. The van der Waals surface area contributed by atoms with Crippen molar-refractivity contribution in [2.24, 2.45) is 5.73 Å². The van der Waals surface area contributed by atoms with E-state index in [4.69, 9.17) is 15.9 Å². The van der Waals surface area contributed by atoms with Gasteiger partial charge in [0.2, 0.25) is 5.91 Å². The van der Waals surface area contributed by atoms with Crippen LogP contribution in [-0.4, -0.2) is 33.8 Å². The Bertz CT molecular complexity index is 1340. The van der Waals surface area contributed by atoms with E-state index < -0.39 is 10.0 Å². The maximum Gasteiger partial charge on any atom is 0.261 e. The average Bonchev–Trinajstić information content (AvgIpc) is 2.86. The van der Waals surface area contributed by atoms with Gasteiger partial charge in [0.1, 0.15) is 11.6 Å². The summed E-state index contributed by atoms with van der Waals surface area (Å²) in [5, 5.41) is 7.48. The van der Waals surface area contributed by atoms with Crippen LogP contribution in [0.1, 0.15) is 29.5 Å². The minimum Gasteiger partial charge on any atom is -0.497 e. The lowest BCUT2D eigenvalue weighted by Crippen LogP contribution is -2.35. The number of methoxy groups -OCH3 is 1. The summed E-state index contributed by atoms with van der Waals surface area (Å²) in [7, 11) is -2.23. The molecular weight excluding hydrogens is 464 g/mol.